The number of nitrogens with two attached hydrogens (primary N) is 1. The van der Waals surface area contributed by atoms with Crippen molar-refractivity contribution in [2.45, 2.75) is 6.54 Å². The fourth-order valence-electron chi connectivity index (χ4n) is 1.91. The minimum atomic E-state index is -0.412. The molecule has 0 aliphatic carbocycles. The van der Waals surface area contributed by atoms with Crippen molar-refractivity contribution in [2.24, 2.45) is 0 Å². The van der Waals surface area contributed by atoms with Gasteiger partial charge in [-0.15, -0.1) is 0 Å². The van der Waals surface area contributed by atoms with Gasteiger partial charge in [0.15, 0.2) is 0 Å². The summed E-state index contributed by atoms with van der Waals surface area (Å²) < 4.78 is 13.3. The molecule has 19 heavy (non-hydrogen) atoms. The van der Waals surface area contributed by atoms with Gasteiger partial charge < -0.3 is 10.6 Å². The molecule has 0 atom stereocenters. The summed E-state index contributed by atoms with van der Waals surface area (Å²) in [5.41, 5.74) is 8.23. The van der Waals surface area contributed by atoms with Crippen LogP contribution in [0, 0.1) is 17.1 Å². The van der Waals surface area contributed by atoms with Crippen LogP contribution >= 0.6 is 0 Å². The second kappa shape index (κ2) is 5.36. The van der Waals surface area contributed by atoms with Gasteiger partial charge in [0, 0.05) is 19.8 Å². The molecule has 0 radical (unpaired) electrons. The predicted octanol–water partition coefficient (Wildman–Crippen LogP) is 2.31. The number of nitrogen functional groups attached to an aromatic ring is 1. The molecule has 5 heteroatoms. The third kappa shape index (κ3) is 2.99. The van der Waals surface area contributed by atoms with E-state index in [1.165, 1.54) is 12.1 Å². The number of aromatic nitrogens is 1. The number of benzene rings is 1. The molecule has 96 valence electrons. The Labute approximate surface area is 110 Å². The number of halogens is 1. The van der Waals surface area contributed by atoms with E-state index in [0.717, 1.165) is 11.3 Å². The smallest absolute Gasteiger partial charge is 0.124 e. The molecule has 0 amide bonds. The van der Waals surface area contributed by atoms with Crippen LogP contribution in [0.3, 0.4) is 0 Å². The van der Waals surface area contributed by atoms with Crippen molar-refractivity contribution in [3.05, 3.63) is 53.6 Å². The first kappa shape index (κ1) is 12.8. The van der Waals surface area contributed by atoms with E-state index in [4.69, 9.17) is 11.0 Å². The Bertz CT molecular complexity index is 634. The number of rotatable bonds is 3. The Morgan fingerprint density at radius 2 is 2.21 bits per heavy atom. The van der Waals surface area contributed by atoms with E-state index in [-0.39, 0.29) is 0 Å². The minimum Gasteiger partial charge on any atom is -0.396 e. The van der Waals surface area contributed by atoms with Crippen LogP contribution in [0.2, 0.25) is 0 Å². The first-order valence-corrected chi connectivity index (χ1v) is 5.70. The summed E-state index contributed by atoms with van der Waals surface area (Å²) in [6.07, 6.45) is 3.21. The van der Waals surface area contributed by atoms with Gasteiger partial charge in [-0.2, -0.15) is 5.26 Å². The Kier molecular flexibility index (Phi) is 3.62. The largest absolute Gasteiger partial charge is 0.396 e. The normalized spacial score (nSPS) is 9.95. The predicted molar refractivity (Wildman–Crippen MR) is 71.9 cm³/mol. The van der Waals surface area contributed by atoms with Crippen molar-refractivity contribution < 1.29 is 4.39 Å². The zero-order valence-electron chi connectivity index (χ0n) is 10.5. The average molecular weight is 256 g/mol. The summed E-state index contributed by atoms with van der Waals surface area (Å²) in [5.74, 6) is -0.412. The summed E-state index contributed by atoms with van der Waals surface area (Å²) in [6.45, 7) is 0.459. The van der Waals surface area contributed by atoms with Gasteiger partial charge in [0.1, 0.15) is 5.82 Å². The molecule has 0 saturated heterocycles. The quantitative estimate of drug-likeness (QED) is 0.915. The van der Waals surface area contributed by atoms with Gasteiger partial charge in [-0.1, -0.05) is 0 Å². The maximum Gasteiger partial charge on any atom is 0.124 e. The lowest BCUT2D eigenvalue weighted by Gasteiger charge is -2.20. The summed E-state index contributed by atoms with van der Waals surface area (Å²) >= 11 is 0. The SMILES string of the molecule is CN(Cc1cc(F)cc(C#N)c1)c1ccncc1N. The van der Waals surface area contributed by atoms with Crippen molar-refractivity contribution in [3.63, 3.8) is 0 Å². The van der Waals surface area contributed by atoms with Crippen LogP contribution in [-0.2, 0) is 6.54 Å². The van der Waals surface area contributed by atoms with Crippen LogP contribution in [0.5, 0.6) is 0 Å². The molecule has 4 nitrogen and oxygen atoms in total. The standard InChI is InChI=1S/C14H13FN4/c1-19(14-2-3-18-8-13(14)17)9-11-4-10(7-16)5-12(15)6-11/h2-6,8H,9,17H2,1H3. The van der Waals surface area contributed by atoms with Crippen molar-refractivity contribution in [2.75, 3.05) is 17.7 Å². The van der Waals surface area contributed by atoms with Crippen molar-refractivity contribution >= 4 is 11.4 Å². The lowest BCUT2D eigenvalue weighted by atomic mass is 10.1. The van der Waals surface area contributed by atoms with Crippen LogP contribution in [0.25, 0.3) is 0 Å². The highest BCUT2D eigenvalue weighted by molar-refractivity contribution is 5.65. The van der Waals surface area contributed by atoms with Gasteiger partial charge in [0.2, 0.25) is 0 Å². The lowest BCUT2D eigenvalue weighted by molar-refractivity contribution is 0.624. The van der Waals surface area contributed by atoms with Gasteiger partial charge >= 0.3 is 0 Å². The Morgan fingerprint density at radius 1 is 1.42 bits per heavy atom. The van der Waals surface area contributed by atoms with E-state index in [1.54, 1.807) is 24.5 Å². The minimum absolute atomic E-state index is 0.311. The van der Waals surface area contributed by atoms with Gasteiger partial charge in [-0.25, -0.2) is 4.39 Å². The molecule has 2 aromatic rings. The second-order valence-electron chi connectivity index (χ2n) is 4.25. The lowest BCUT2D eigenvalue weighted by Crippen LogP contribution is -2.18. The fraction of sp³-hybridized carbons (Fsp3) is 0.143. The van der Waals surface area contributed by atoms with Crippen molar-refractivity contribution in [1.82, 2.24) is 4.98 Å². The van der Waals surface area contributed by atoms with Gasteiger partial charge in [-0.3, -0.25) is 4.98 Å². The Balaban J connectivity index is 2.24. The number of nitrogens with zero attached hydrogens (tertiary/aromatic N) is 3. The molecule has 0 saturated carbocycles. The summed E-state index contributed by atoms with van der Waals surface area (Å²) in [7, 11) is 1.85. The molecule has 1 aromatic carbocycles. The first-order valence-electron chi connectivity index (χ1n) is 5.70. The van der Waals surface area contributed by atoms with Crippen LogP contribution < -0.4 is 10.6 Å². The zero-order chi connectivity index (χ0) is 13.8. The topological polar surface area (TPSA) is 65.9 Å². The van der Waals surface area contributed by atoms with Gasteiger partial charge in [0.05, 0.1) is 29.2 Å². The maximum absolute atomic E-state index is 13.3. The second-order valence-corrected chi connectivity index (χ2v) is 4.25. The van der Waals surface area contributed by atoms with Crippen LogP contribution in [0.4, 0.5) is 15.8 Å². The number of hydrogen-bond acceptors (Lipinski definition) is 4. The average Bonchev–Trinajstić information content (AvgIpc) is 2.38. The molecule has 0 unspecified atom stereocenters. The third-order valence-corrected chi connectivity index (χ3v) is 2.75. The van der Waals surface area contributed by atoms with E-state index >= 15 is 0 Å². The molecule has 0 aliphatic heterocycles. The summed E-state index contributed by atoms with van der Waals surface area (Å²) in [6, 6.07) is 8.02. The number of pyridine rings is 1. The molecule has 1 heterocycles. The first-order chi connectivity index (χ1) is 9.10. The molecule has 2 rings (SSSR count). The zero-order valence-corrected chi connectivity index (χ0v) is 10.5. The Hall–Kier alpha value is -2.61. The van der Waals surface area contributed by atoms with E-state index in [0.29, 0.717) is 17.8 Å². The summed E-state index contributed by atoms with van der Waals surface area (Å²) in [5, 5.41) is 8.82. The fourth-order valence-corrected chi connectivity index (χ4v) is 1.91. The van der Waals surface area contributed by atoms with E-state index < -0.39 is 5.82 Å². The highest BCUT2D eigenvalue weighted by atomic mass is 19.1. The van der Waals surface area contributed by atoms with Crippen LogP contribution in [-0.4, -0.2) is 12.0 Å². The van der Waals surface area contributed by atoms with E-state index in [2.05, 4.69) is 4.98 Å². The maximum atomic E-state index is 13.3. The number of nitriles is 1. The molecular weight excluding hydrogens is 243 g/mol. The van der Waals surface area contributed by atoms with Crippen LogP contribution in [0.15, 0.2) is 36.7 Å². The van der Waals surface area contributed by atoms with Crippen LogP contribution in [0.1, 0.15) is 11.1 Å². The Morgan fingerprint density at radius 3 is 2.89 bits per heavy atom. The van der Waals surface area contributed by atoms with E-state index in [9.17, 15) is 4.39 Å². The highest BCUT2D eigenvalue weighted by Crippen LogP contribution is 2.22. The third-order valence-electron chi connectivity index (χ3n) is 2.75. The van der Waals surface area contributed by atoms with E-state index in [1.807, 2.05) is 18.0 Å². The molecular formula is C14H13FN4. The summed E-state index contributed by atoms with van der Waals surface area (Å²) in [4.78, 5) is 5.80. The highest BCUT2D eigenvalue weighted by Gasteiger charge is 2.07. The molecule has 0 aliphatic rings. The molecule has 1 aromatic heterocycles. The molecule has 0 fully saturated rings. The monoisotopic (exact) mass is 256 g/mol. The van der Waals surface area contributed by atoms with Crippen molar-refractivity contribution in [3.8, 4) is 6.07 Å². The molecule has 2 N–H and O–H groups in total. The molecule has 0 spiro atoms. The van der Waals surface area contributed by atoms with Gasteiger partial charge in [0.25, 0.3) is 0 Å². The number of hydrogen-bond donors (Lipinski definition) is 1. The van der Waals surface area contributed by atoms with Crippen molar-refractivity contribution in [1.29, 1.82) is 5.26 Å². The van der Waals surface area contributed by atoms with Gasteiger partial charge in [-0.05, 0) is 29.8 Å². The molecule has 0 bridgehead atoms. The number of anilines is 2.